The molecule has 3 aromatic carbocycles. The summed E-state index contributed by atoms with van der Waals surface area (Å²) in [5, 5.41) is 0.312. The molecular formula is C17H9F5. The molecule has 0 saturated heterocycles. The summed E-state index contributed by atoms with van der Waals surface area (Å²) in [5.41, 5.74) is -0.491. The fraction of sp³-hybridized carbons (Fsp3) is 0.0588. The molecular weight excluding hydrogens is 299 g/mol. The van der Waals surface area contributed by atoms with E-state index in [9.17, 15) is 22.0 Å². The van der Waals surface area contributed by atoms with E-state index in [2.05, 4.69) is 0 Å². The third-order valence-electron chi connectivity index (χ3n) is 3.55. The Labute approximate surface area is 122 Å². The maximum Gasteiger partial charge on any atom is 0.136 e. The van der Waals surface area contributed by atoms with Crippen molar-refractivity contribution in [3.05, 3.63) is 71.0 Å². The van der Waals surface area contributed by atoms with Gasteiger partial charge in [-0.3, -0.25) is 0 Å². The minimum absolute atomic E-state index is 0.0742. The first kappa shape index (κ1) is 14.5. The van der Waals surface area contributed by atoms with E-state index in [1.165, 1.54) is 25.1 Å². The topological polar surface area (TPSA) is 0 Å². The van der Waals surface area contributed by atoms with E-state index in [1.807, 2.05) is 0 Å². The van der Waals surface area contributed by atoms with Gasteiger partial charge in [-0.25, -0.2) is 22.0 Å². The zero-order chi connectivity index (χ0) is 16.0. The zero-order valence-corrected chi connectivity index (χ0v) is 11.4. The second-order valence-corrected chi connectivity index (χ2v) is 4.98. The van der Waals surface area contributed by atoms with Gasteiger partial charge in [0.05, 0.1) is 5.56 Å². The molecule has 0 aromatic heterocycles. The molecule has 0 nitrogen and oxygen atoms in total. The van der Waals surface area contributed by atoms with Crippen LogP contribution in [0.5, 0.6) is 0 Å². The smallest absolute Gasteiger partial charge is 0.136 e. The fourth-order valence-corrected chi connectivity index (χ4v) is 2.41. The van der Waals surface area contributed by atoms with E-state index in [0.29, 0.717) is 12.1 Å². The number of rotatable bonds is 1. The standard InChI is InChI=1S/C17H9F5/c1-8-13(19)5-10-4-9(2-3-12(10)17(8)22)16-14(20)6-11(18)7-15(16)21/h2-7H,1H3. The highest BCUT2D eigenvalue weighted by molar-refractivity contribution is 5.88. The molecule has 0 atom stereocenters. The zero-order valence-electron chi connectivity index (χ0n) is 11.4. The second-order valence-electron chi connectivity index (χ2n) is 4.98. The monoisotopic (exact) mass is 308 g/mol. The Hall–Kier alpha value is -2.43. The van der Waals surface area contributed by atoms with E-state index in [-0.39, 0.29) is 21.9 Å². The molecule has 0 unspecified atom stereocenters. The Morgan fingerprint density at radius 3 is 2.00 bits per heavy atom. The van der Waals surface area contributed by atoms with Crippen LogP contribution in [0.2, 0.25) is 0 Å². The summed E-state index contributed by atoms with van der Waals surface area (Å²) in [6.07, 6.45) is 0. The van der Waals surface area contributed by atoms with Gasteiger partial charge in [0, 0.05) is 23.1 Å². The highest BCUT2D eigenvalue weighted by Gasteiger charge is 2.16. The molecule has 0 aliphatic heterocycles. The largest absolute Gasteiger partial charge is 0.207 e. The third-order valence-corrected chi connectivity index (χ3v) is 3.55. The first-order chi connectivity index (χ1) is 10.4. The Kier molecular flexibility index (Phi) is 3.35. The van der Waals surface area contributed by atoms with Crippen molar-refractivity contribution >= 4 is 10.8 Å². The quantitative estimate of drug-likeness (QED) is 0.520. The number of benzene rings is 3. The SMILES string of the molecule is Cc1c(F)cc2cc(-c3c(F)cc(F)cc3F)ccc2c1F. The third kappa shape index (κ3) is 2.22. The van der Waals surface area contributed by atoms with E-state index >= 15 is 0 Å². The van der Waals surface area contributed by atoms with Gasteiger partial charge < -0.3 is 0 Å². The predicted molar refractivity (Wildman–Crippen MR) is 73.9 cm³/mol. The van der Waals surface area contributed by atoms with Gasteiger partial charge in [0.15, 0.2) is 0 Å². The molecule has 0 spiro atoms. The number of hydrogen-bond acceptors (Lipinski definition) is 0. The van der Waals surface area contributed by atoms with Gasteiger partial charge in [-0.15, -0.1) is 0 Å². The van der Waals surface area contributed by atoms with E-state index in [0.717, 1.165) is 6.07 Å². The van der Waals surface area contributed by atoms with Gasteiger partial charge >= 0.3 is 0 Å². The number of halogens is 5. The molecule has 0 aliphatic carbocycles. The van der Waals surface area contributed by atoms with Crippen LogP contribution in [0.4, 0.5) is 22.0 Å². The molecule has 3 aromatic rings. The Morgan fingerprint density at radius 2 is 1.36 bits per heavy atom. The number of fused-ring (bicyclic) bond motifs is 1. The lowest BCUT2D eigenvalue weighted by molar-refractivity contribution is 0.548. The fourth-order valence-electron chi connectivity index (χ4n) is 2.41. The highest BCUT2D eigenvalue weighted by Crippen LogP contribution is 2.31. The summed E-state index contributed by atoms with van der Waals surface area (Å²) < 4.78 is 68.1. The van der Waals surface area contributed by atoms with Gasteiger partial charge in [-0.1, -0.05) is 12.1 Å². The maximum atomic E-state index is 14.0. The van der Waals surface area contributed by atoms with Crippen LogP contribution in [-0.4, -0.2) is 0 Å². The molecule has 0 heterocycles. The summed E-state index contributed by atoms with van der Waals surface area (Å²) in [5.74, 6) is -4.66. The Bertz CT molecular complexity index is 876. The molecule has 0 fully saturated rings. The van der Waals surface area contributed by atoms with Crippen molar-refractivity contribution in [2.24, 2.45) is 0 Å². The van der Waals surface area contributed by atoms with Crippen molar-refractivity contribution in [1.29, 1.82) is 0 Å². The molecule has 0 bridgehead atoms. The van der Waals surface area contributed by atoms with Gasteiger partial charge in [0.1, 0.15) is 29.1 Å². The Balaban J connectivity index is 2.28. The number of hydrogen-bond donors (Lipinski definition) is 0. The average molecular weight is 308 g/mol. The van der Waals surface area contributed by atoms with Crippen LogP contribution >= 0.6 is 0 Å². The lowest BCUT2D eigenvalue weighted by atomic mass is 9.98. The Morgan fingerprint density at radius 1 is 0.727 bits per heavy atom. The summed E-state index contributed by atoms with van der Waals surface area (Å²) in [7, 11) is 0. The summed E-state index contributed by atoms with van der Waals surface area (Å²) in [6.45, 7) is 1.30. The van der Waals surface area contributed by atoms with Crippen LogP contribution in [0.3, 0.4) is 0 Å². The summed E-state index contributed by atoms with van der Waals surface area (Å²) in [4.78, 5) is 0. The first-order valence-electron chi connectivity index (χ1n) is 6.41. The van der Waals surface area contributed by atoms with Crippen molar-refractivity contribution in [1.82, 2.24) is 0 Å². The molecule has 112 valence electrons. The molecule has 0 amide bonds. The molecule has 0 saturated carbocycles. The van der Waals surface area contributed by atoms with E-state index < -0.39 is 34.6 Å². The van der Waals surface area contributed by atoms with Crippen LogP contribution in [0.1, 0.15) is 5.56 Å². The van der Waals surface area contributed by atoms with Gasteiger partial charge in [-0.2, -0.15) is 0 Å². The van der Waals surface area contributed by atoms with E-state index in [1.54, 1.807) is 0 Å². The minimum atomic E-state index is -1.08. The molecule has 22 heavy (non-hydrogen) atoms. The van der Waals surface area contributed by atoms with Crippen molar-refractivity contribution in [3.8, 4) is 11.1 Å². The lowest BCUT2D eigenvalue weighted by Crippen LogP contribution is -1.94. The first-order valence-corrected chi connectivity index (χ1v) is 6.41. The summed E-state index contributed by atoms with van der Waals surface area (Å²) in [6, 6.07) is 6.09. The van der Waals surface area contributed by atoms with Crippen LogP contribution < -0.4 is 0 Å². The van der Waals surface area contributed by atoms with E-state index in [4.69, 9.17) is 0 Å². The van der Waals surface area contributed by atoms with Crippen LogP contribution in [-0.2, 0) is 0 Å². The van der Waals surface area contributed by atoms with Gasteiger partial charge in [-0.05, 0) is 30.0 Å². The highest BCUT2D eigenvalue weighted by atomic mass is 19.2. The van der Waals surface area contributed by atoms with Crippen molar-refractivity contribution in [2.75, 3.05) is 0 Å². The molecule has 0 aliphatic rings. The van der Waals surface area contributed by atoms with Crippen molar-refractivity contribution in [3.63, 3.8) is 0 Å². The summed E-state index contributed by atoms with van der Waals surface area (Å²) >= 11 is 0. The van der Waals surface area contributed by atoms with Gasteiger partial charge in [0.2, 0.25) is 0 Å². The van der Waals surface area contributed by atoms with Crippen LogP contribution in [0.15, 0.2) is 36.4 Å². The van der Waals surface area contributed by atoms with Crippen LogP contribution in [0.25, 0.3) is 21.9 Å². The maximum absolute atomic E-state index is 14.0. The van der Waals surface area contributed by atoms with Crippen LogP contribution in [0, 0.1) is 36.0 Å². The van der Waals surface area contributed by atoms with Crippen molar-refractivity contribution in [2.45, 2.75) is 6.92 Å². The average Bonchev–Trinajstić information content (AvgIpc) is 2.43. The van der Waals surface area contributed by atoms with Gasteiger partial charge in [0.25, 0.3) is 0 Å². The molecule has 0 N–H and O–H groups in total. The molecule has 0 radical (unpaired) electrons. The lowest BCUT2D eigenvalue weighted by Gasteiger charge is -2.09. The normalized spacial score (nSPS) is 11.2. The second kappa shape index (κ2) is 5.09. The van der Waals surface area contributed by atoms with Crippen molar-refractivity contribution < 1.29 is 22.0 Å². The predicted octanol–water partition coefficient (Wildman–Crippen LogP) is 5.51. The minimum Gasteiger partial charge on any atom is -0.207 e. The molecule has 5 heteroatoms. The molecule has 3 rings (SSSR count).